The van der Waals surface area contributed by atoms with E-state index < -0.39 is 0 Å². The molecule has 0 aliphatic carbocycles. The maximum Gasteiger partial charge on any atom is 0.142 e. The number of piperidine rings is 2. The molecule has 0 aromatic heterocycles. The number of benzene rings is 1. The zero-order chi connectivity index (χ0) is 13.2. The minimum Gasteiger partial charge on any atom is -0.495 e. The number of methoxy groups -OCH3 is 1. The van der Waals surface area contributed by atoms with Crippen LogP contribution in [0.3, 0.4) is 0 Å². The molecule has 3 nitrogen and oxygen atoms in total. The van der Waals surface area contributed by atoms with Crippen LogP contribution in [-0.2, 0) is 0 Å². The van der Waals surface area contributed by atoms with E-state index >= 15 is 0 Å². The molecule has 3 heteroatoms. The molecule has 19 heavy (non-hydrogen) atoms. The molecule has 104 valence electrons. The number of fused-ring (bicyclic) bond motifs is 2. The lowest BCUT2D eigenvalue weighted by Gasteiger charge is -2.50. The molecule has 2 heterocycles. The van der Waals surface area contributed by atoms with Crippen molar-refractivity contribution < 1.29 is 4.74 Å². The number of anilines is 1. The van der Waals surface area contributed by atoms with Crippen LogP contribution in [-0.4, -0.2) is 32.3 Å². The highest BCUT2D eigenvalue weighted by molar-refractivity contribution is 5.60. The molecule has 0 amide bonds. The minimum absolute atomic E-state index is 0.668. The van der Waals surface area contributed by atoms with E-state index in [1.54, 1.807) is 7.11 Å². The van der Waals surface area contributed by atoms with Crippen LogP contribution in [0.4, 0.5) is 5.69 Å². The average molecular weight is 260 g/mol. The quantitative estimate of drug-likeness (QED) is 0.904. The molecule has 2 atom stereocenters. The summed E-state index contributed by atoms with van der Waals surface area (Å²) in [7, 11) is 3.87. The third-order valence-electron chi connectivity index (χ3n) is 4.75. The van der Waals surface area contributed by atoms with E-state index in [0.29, 0.717) is 18.1 Å². The SMILES string of the molecule is CNC1CC2CCCC(C1)N2c1ccccc1OC. The molecule has 0 saturated carbocycles. The van der Waals surface area contributed by atoms with Crippen molar-refractivity contribution in [3.8, 4) is 5.75 Å². The van der Waals surface area contributed by atoms with Gasteiger partial charge in [-0.05, 0) is 51.3 Å². The maximum absolute atomic E-state index is 5.56. The monoisotopic (exact) mass is 260 g/mol. The molecule has 1 aromatic carbocycles. The first kappa shape index (κ1) is 12.8. The minimum atomic E-state index is 0.668. The topological polar surface area (TPSA) is 24.5 Å². The summed E-state index contributed by atoms with van der Waals surface area (Å²) in [5.74, 6) is 1.02. The van der Waals surface area contributed by atoms with Gasteiger partial charge in [-0.3, -0.25) is 0 Å². The maximum atomic E-state index is 5.56. The highest BCUT2D eigenvalue weighted by Crippen LogP contribution is 2.41. The van der Waals surface area contributed by atoms with Crippen molar-refractivity contribution in [3.63, 3.8) is 0 Å². The van der Waals surface area contributed by atoms with Crippen molar-refractivity contribution in [1.82, 2.24) is 5.32 Å². The fourth-order valence-corrected chi connectivity index (χ4v) is 3.85. The van der Waals surface area contributed by atoms with Crippen molar-refractivity contribution in [2.45, 2.75) is 50.2 Å². The fraction of sp³-hybridized carbons (Fsp3) is 0.625. The van der Waals surface area contributed by atoms with Crippen LogP contribution >= 0.6 is 0 Å². The van der Waals surface area contributed by atoms with E-state index in [4.69, 9.17) is 4.74 Å². The third-order valence-corrected chi connectivity index (χ3v) is 4.75. The molecule has 2 unspecified atom stereocenters. The smallest absolute Gasteiger partial charge is 0.142 e. The van der Waals surface area contributed by atoms with Gasteiger partial charge in [-0.15, -0.1) is 0 Å². The second-order valence-corrected chi connectivity index (χ2v) is 5.77. The van der Waals surface area contributed by atoms with Gasteiger partial charge >= 0.3 is 0 Å². The van der Waals surface area contributed by atoms with Gasteiger partial charge in [-0.25, -0.2) is 0 Å². The van der Waals surface area contributed by atoms with E-state index in [9.17, 15) is 0 Å². The standard InChI is InChI=1S/C16H24N2O/c1-17-12-10-13-6-5-7-14(11-12)18(13)15-8-3-4-9-16(15)19-2/h3-4,8-9,12-14,17H,5-7,10-11H2,1-2H3. The highest BCUT2D eigenvalue weighted by Gasteiger charge is 2.38. The third kappa shape index (κ3) is 2.32. The van der Waals surface area contributed by atoms with Gasteiger partial charge in [0.2, 0.25) is 0 Å². The second kappa shape index (κ2) is 5.41. The Morgan fingerprint density at radius 2 is 1.84 bits per heavy atom. The molecule has 2 fully saturated rings. The number of ether oxygens (including phenoxy) is 1. The molecule has 0 radical (unpaired) electrons. The van der Waals surface area contributed by atoms with E-state index in [0.717, 1.165) is 5.75 Å². The Morgan fingerprint density at radius 3 is 2.47 bits per heavy atom. The highest BCUT2D eigenvalue weighted by atomic mass is 16.5. The second-order valence-electron chi connectivity index (χ2n) is 5.77. The predicted molar refractivity (Wildman–Crippen MR) is 79.0 cm³/mol. The molecule has 3 rings (SSSR count). The normalized spacial score (nSPS) is 30.2. The van der Waals surface area contributed by atoms with Gasteiger partial charge in [0.1, 0.15) is 5.75 Å². The van der Waals surface area contributed by atoms with Gasteiger partial charge in [-0.1, -0.05) is 12.1 Å². The number of para-hydroxylation sites is 2. The lowest BCUT2D eigenvalue weighted by molar-refractivity contribution is 0.250. The Bertz CT molecular complexity index is 421. The van der Waals surface area contributed by atoms with Crippen molar-refractivity contribution >= 4 is 5.69 Å². The lowest BCUT2D eigenvalue weighted by atomic mass is 9.81. The van der Waals surface area contributed by atoms with E-state index in [2.05, 4.69) is 41.5 Å². The molecule has 1 aromatic rings. The number of hydrogen-bond donors (Lipinski definition) is 1. The largest absolute Gasteiger partial charge is 0.495 e. The van der Waals surface area contributed by atoms with E-state index in [1.807, 2.05) is 0 Å². The zero-order valence-electron chi connectivity index (χ0n) is 11.9. The van der Waals surface area contributed by atoms with Crippen molar-refractivity contribution in [1.29, 1.82) is 0 Å². The molecule has 2 saturated heterocycles. The van der Waals surface area contributed by atoms with Crippen molar-refractivity contribution in [2.24, 2.45) is 0 Å². The van der Waals surface area contributed by atoms with Crippen molar-refractivity contribution in [3.05, 3.63) is 24.3 Å². The van der Waals surface area contributed by atoms with Crippen LogP contribution in [0.25, 0.3) is 0 Å². The molecule has 2 aliphatic heterocycles. The van der Waals surface area contributed by atoms with Gasteiger partial charge in [0.15, 0.2) is 0 Å². The van der Waals surface area contributed by atoms with Crippen LogP contribution in [0.5, 0.6) is 5.75 Å². The number of rotatable bonds is 3. The predicted octanol–water partition coefficient (Wildman–Crippen LogP) is 2.80. The van der Waals surface area contributed by atoms with Crippen LogP contribution < -0.4 is 15.0 Å². The fourth-order valence-electron chi connectivity index (χ4n) is 3.85. The Balaban J connectivity index is 1.91. The molecular formula is C16H24N2O. The summed E-state index contributed by atoms with van der Waals surface area (Å²) in [5, 5.41) is 3.48. The molecule has 1 N–H and O–H groups in total. The summed E-state index contributed by atoms with van der Waals surface area (Å²) >= 11 is 0. The van der Waals surface area contributed by atoms with Gasteiger partial charge in [0.05, 0.1) is 12.8 Å². The number of hydrogen-bond acceptors (Lipinski definition) is 3. The summed E-state index contributed by atoms with van der Waals surface area (Å²) in [5.41, 5.74) is 1.29. The number of nitrogens with zero attached hydrogens (tertiary/aromatic N) is 1. The van der Waals surface area contributed by atoms with Crippen molar-refractivity contribution in [2.75, 3.05) is 19.1 Å². The Morgan fingerprint density at radius 1 is 1.16 bits per heavy atom. The molecule has 2 bridgehead atoms. The van der Waals surface area contributed by atoms with Gasteiger partial charge in [0.25, 0.3) is 0 Å². The van der Waals surface area contributed by atoms with Gasteiger partial charge < -0.3 is 15.0 Å². The number of nitrogens with one attached hydrogen (secondary N) is 1. The first-order valence-corrected chi connectivity index (χ1v) is 7.42. The van der Waals surface area contributed by atoms with Crippen LogP contribution in [0, 0.1) is 0 Å². The Hall–Kier alpha value is -1.22. The zero-order valence-corrected chi connectivity index (χ0v) is 11.9. The van der Waals surface area contributed by atoms with Gasteiger partial charge in [0, 0.05) is 18.1 Å². The van der Waals surface area contributed by atoms with E-state index in [-0.39, 0.29) is 0 Å². The van der Waals surface area contributed by atoms with Crippen LogP contribution in [0.1, 0.15) is 32.1 Å². The summed E-state index contributed by atoms with van der Waals surface area (Å²) < 4.78 is 5.56. The summed E-state index contributed by atoms with van der Waals surface area (Å²) in [6, 6.07) is 10.5. The Labute approximate surface area is 115 Å². The molecule has 0 spiro atoms. The first-order valence-electron chi connectivity index (χ1n) is 7.42. The van der Waals surface area contributed by atoms with Crippen LogP contribution in [0.15, 0.2) is 24.3 Å². The average Bonchev–Trinajstić information content (AvgIpc) is 2.45. The first-order chi connectivity index (χ1) is 9.33. The van der Waals surface area contributed by atoms with Crippen LogP contribution in [0.2, 0.25) is 0 Å². The summed E-state index contributed by atoms with van der Waals surface area (Å²) in [4.78, 5) is 2.64. The molecule has 2 aliphatic rings. The molecular weight excluding hydrogens is 236 g/mol. The Kier molecular flexibility index (Phi) is 3.65. The van der Waals surface area contributed by atoms with E-state index in [1.165, 1.54) is 37.8 Å². The van der Waals surface area contributed by atoms with Gasteiger partial charge in [-0.2, -0.15) is 0 Å². The lowest BCUT2D eigenvalue weighted by Crippen LogP contribution is -2.56. The summed E-state index contributed by atoms with van der Waals surface area (Å²) in [6.45, 7) is 0. The summed E-state index contributed by atoms with van der Waals surface area (Å²) in [6.07, 6.45) is 6.51.